The molecule has 1 aliphatic rings. The van der Waals surface area contributed by atoms with E-state index in [9.17, 15) is 22.8 Å². The van der Waals surface area contributed by atoms with Crippen molar-refractivity contribution in [3.8, 4) is 5.69 Å². The number of primary sulfonamides is 1. The van der Waals surface area contributed by atoms with Crippen molar-refractivity contribution in [1.29, 1.82) is 0 Å². The molecule has 1 fully saturated rings. The van der Waals surface area contributed by atoms with Crippen LogP contribution in [-0.2, 0) is 14.8 Å². The minimum absolute atomic E-state index is 0.0154. The van der Waals surface area contributed by atoms with Crippen LogP contribution in [-0.4, -0.2) is 48.2 Å². The lowest BCUT2D eigenvalue weighted by Crippen LogP contribution is -2.37. The highest BCUT2D eigenvalue weighted by atomic mass is 32.2. The number of aromatic nitrogens is 1. The maximum Gasteiger partial charge on any atom is 0.332 e. The summed E-state index contributed by atoms with van der Waals surface area (Å²) in [6.07, 6.45) is 0. The summed E-state index contributed by atoms with van der Waals surface area (Å²) in [5, 5.41) is 5.17. The number of aryl methyl sites for hydroxylation is 2. The Morgan fingerprint density at radius 3 is 2.09 bits per heavy atom. The molecule has 3 aromatic rings. The molecule has 1 aliphatic heterocycles. The average molecular weight is 495 g/mol. The first-order valence-electron chi connectivity index (χ1n) is 11.0. The Hall–Kier alpha value is -3.76. The monoisotopic (exact) mass is 494 g/mol. The molecule has 4 rings (SSSR count). The second-order valence-corrected chi connectivity index (χ2v) is 10.2. The van der Waals surface area contributed by atoms with Gasteiger partial charge in [0, 0.05) is 28.3 Å². The Morgan fingerprint density at radius 2 is 1.51 bits per heavy atom. The molecule has 1 unspecified atom stereocenters. The highest BCUT2D eigenvalue weighted by molar-refractivity contribution is 7.89. The summed E-state index contributed by atoms with van der Waals surface area (Å²) in [4.78, 5) is 41.5. The van der Waals surface area contributed by atoms with Crippen molar-refractivity contribution in [2.75, 3.05) is 11.4 Å². The van der Waals surface area contributed by atoms with E-state index in [1.165, 1.54) is 17.0 Å². The Kier molecular flexibility index (Phi) is 6.12. The zero-order valence-corrected chi connectivity index (χ0v) is 20.7. The highest BCUT2D eigenvalue weighted by Gasteiger charge is 2.44. The number of Topliss-reactive ketones (excluding diaryl/α,β-unsaturated/α-hetero) is 1. The van der Waals surface area contributed by atoms with E-state index in [1.54, 1.807) is 48.7 Å². The van der Waals surface area contributed by atoms with Gasteiger partial charge in [-0.2, -0.15) is 0 Å². The van der Waals surface area contributed by atoms with E-state index in [0.717, 1.165) is 16.2 Å². The molecule has 0 bridgehead atoms. The molecule has 0 aliphatic carbocycles. The summed E-state index contributed by atoms with van der Waals surface area (Å²) in [5.41, 5.74) is 4.00. The third-order valence-corrected chi connectivity index (χ3v) is 7.15. The third kappa shape index (κ3) is 4.38. The van der Waals surface area contributed by atoms with Gasteiger partial charge in [0.1, 0.15) is 6.04 Å². The van der Waals surface area contributed by atoms with Crippen molar-refractivity contribution in [3.05, 3.63) is 77.1 Å². The quantitative estimate of drug-likeness (QED) is 0.417. The van der Waals surface area contributed by atoms with E-state index in [2.05, 4.69) is 0 Å². The normalized spacial score (nSPS) is 16.3. The first-order chi connectivity index (χ1) is 16.4. The lowest BCUT2D eigenvalue weighted by atomic mass is 10.1. The number of benzene rings is 2. The number of sulfonamides is 1. The van der Waals surface area contributed by atoms with Gasteiger partial charge >= 0.3 is 6.03 Å². The number of hydrogen-bond acceptors (Lipinski definition) is 5. The summed E-state index contributed by atoms with van der Waals surface area (Å²) in [5.74, 6) is -0.804. The van der Waals surface area contributed by atoms with Gasteiger partial charge in [0.05, 0.1) is 11.4 Å². The van der Waals surface area contributed by atoms with Crippen molar-refractivity contribution >= 4 is 33.4 Å². The van der Waals surface area contributed by atoms with Crippen LogP contribution in [0.4, 0.5) is 10.5 Å². The van der Waals surface area contributed by atoms with E-state index < -0.39 is 28.0 Å². The molecule has 3 amide bonds. The number of rotatable bonds is 6. The van der Waals surface area contributed by atoms with Crippen LogP contribution in [0.2, 0.25) is 0 Å². The number of ketones is 1. The fourth-order valence-electron chi connectivity index (χ4n) is 4.37. The van der Waals surface area contributed by atoms with E-state index in [-0.39, 0.29) is 17.2 Å². The molecular formula is C25H26N4O5S. The molecule has 2 N–H and O–H groups in total. The Bertz CT molecular complexity index is 1440. The second-order valence-electron chi connectivity index (χ2n) is 8.67. The standard InChI is InChI=1S/C25H26N4O5S/c1-15-5-7-20(8-6-15)29-18(4)24(31)27(25(29)32)14-23(30)22-13-16(2)28(17(22)3)19-9-11-21(12-10-19)35(26,33)34/h5-13,18H,14H2,1-4H3,(H2,26,33,34). The Labute approximate surface area is 203 Å². The molecule has 1 aromatic heterocycles. The highest BCUT2D eigenvalue weighted by Crippen LogP contribution is 2.27. The van der Waals surface area contributed by atoms with E-state index in [0.29, 0.717) is 22.6 Å². The number of amides is 3. The third-order valence-electron chi connectivity index (χ3n) is 6.22. The molecule has 2 heterocycles. The maximum atomic E-state index is 13.2. The summed E-state index contributed by atoms with van der Waals surface area (Å²) >= 11 is 0. The molecule has 0 saturated carbocycles. The van der Waals surface area contributed by atoms with E-state index >= 15 is 0 Å². The molecular weight excluding hydrogens is 468 g/mol. The van der Waals surface area contributed by atoms with Gasteiger partial charge in [0.15, 0.2) is 5.78 Å². The number of urea groups is 1. The van der Waals surface area contributed by atoms with Crippen LogP contribution in [0.5, 0.6) is 0 Å². The van der Waals surface area contributed by atoms with Gasteiger partial charge in [-0.05, 0) is 70.2 Å². The van der Waals surface area contributed by atoms with Crippen molar-refractivity contribution in [2.24, 2.45) is 5.14 Å². The number of hydrogen-bond donors (Lipinski definition) is 1. The van der Waals surface area contributed by atoms with Crippen molar-refractivity contribution in [2.45, 2.75) is 38.6 Å². The Balaban J connectivity index is 1.59. The van der Waals surface area contributed by atoms with Crippen LogP contribution in [0.1, 0.15) is 34.2 Å². The maximum absolute atomic E-state index is 13.2. The van der Waals surface area contributed by atoms with Crippen LogP contribution in [0.3, 0.4) is 0 Å². The van der Waals surface area contributed by atoms with Crippen LogP contribution in [0, 0.1) is 20.8 Å². The zero-order valence-electron chi connectivity index (χ0n) is 19.8. The second kappa shape index (κ2) is 8.79. The summed E-state index contributed by atoms with van der Waals surface area (Å²) in [7, 11) is -3.82. The van der Waals surface area contributed by atoms with Gasteiger partial charge in [-0.3, -0.25) is 19.4 Å². The first kappa shape index (κ1) is 24.4. The van der Waals surface area contributed by atoms with Crippen LogP contribution < -0.4 is 10.0 Å². The predicted octanol–water partition coefficient (Wildman–Crippen LogP) is 3.09. The fourth-order valence-corrected chi connectivity index (χ4v) is 4.88. The molecule has 182 valence electrons. The minimum atomic E-state index is -3.82. The largest absolute Gasteiger partial charge is 0.332 e. The lowest BCUT2D eigenvalue weighted by molar-refractivity contribution is -0.126. The van der Waals surface area contributed by atoms with Crippen LogP contribution >= 0.6 is 0 Å². The molecule has 35 heavy (non-hydrogen) atoms. The van der Waals surface area contributed by atoms with Gasteiger partial charge in [-0.1, -0.05) is 17.7 Å². The Morgan fingerprint density at radius 1 is 0.943 bits per heavy atom. The number of anilines is 1. The van der Waals surface area contributed by atoms with E-state index in [1.807, 2.05) is 26.0 Å². The average Bonchev–Trinajstić information content (AvgIpc) is 3.21. The van der Waals surface area contributed by atoms with Crippen molar-refractivity contribution in [1.82, 2.24) is 9.47 Å². The summed E-state index contributed by atoms with van der Waals surface area (Å²) in [6, 6.07) is 13.7. The topological polar surface area (TPSA) is 123 Å². The van der Waals surface area contributed by atoms with E-state index in [4.69, 9.17) is 5.14 Å². The molecule has 9 nitrogen and oxygen atoms in total. The minimum Gasteiger partial charge on any atom is -0.318 e. The molecule has 2 aromatic carbocycles. The van der Waals surface area contributed by atoms with Gasteiger partial charge in [0.25, 0.3) is 5.91 Å². The van der Waals surface area contributed by atoms with Crippen LogP contribution in [0.25, 0.3) is 5.69 Å². The predicted molar refractivity (Wildman–Crippen MR) is 131 cm³/mol. The molecule has 10 heteroatoms. The smallest absolute Gasteiger partial charge is 0.318 e. The number of nitrogens with two attached hydrogens (primary N) is 1. The summed E-state index contributed by atoms with van der Waals surface area (Å²) in [6.45, 7) is 6.76. The molecule has 1 saturated heterocycles. The fraction of sp³-hybridized carbons (Fsp3) is 0.240. The number of carbonyl (C=O) groups excluding carboxylic acids is 3. The zero-order chi connectivity index (χ0) is 25.7. The number of imide groups is 1. The SMILES string of the molecule is Cc1ccc(N2C(=O)N(CC(=O)c3cc(C)n(-c4ccc(S(N)(=O)=O)cc4)c3C)C(=O)C2C)cc1. The van der Waals surface area contributed by atoms with Crippen LogP contribution in [0.15, 0.2) is 59.5 Å². The lowest BCUT2D eigenvalue weighted by Gasteiger charge is -2.19. The number of carbonyl (C=O) groups is 3. The molecule has 1 atom stereocenters. The van der Waals surface area contributed by atoms with Crippen molar-refractivity contribution in [3.63, 3.8) is 0 Å². The number of nitrogens with zero attached hydrogens (tertiary/aromatic N) is 3. The van der Waals surface area contributed by atoms with Gasteiger partial charge in [-0.15, -0.1) is 0 Å². The van der Waals surface area contributed by atoms with Gasteiger partial charge in [-0.25, -0.2) is 18.4 Å². The summed E-state index contributed by atoms with van der Waals surface area (Å²) < 4.78 is 24.9. The van der Waals surface area contributed by atoms with Gasteiger partial charge in [0.2, 0.25) is 10.0 Å². The van der Waals surface area contributed by atoms with Crippen molar-refractivity contribution < 1.29 is 22.8 Å². The first-order valence-corrected chi connectivity index (χ1v) is 12.5. The van der Waals surface area contributed by atoms with Gasteiger partial charge < -0.3 is 4.57 Å². The molecule has 0 radical (unpaired) electrons. The molecule has 0 spiro atoms.